The molecule has 1 atom stereocenters. The largest absolute Gasteiger partial charge is 0.378 e. The van der Waals surface area contributed by atoms with Crippen molar-refractivity contribution in [3.8, 4) is 0 Å². The Morgan fingerprint density at radius 3 is 2.47 bits per heavy atom. The Bertz CT molecular complexity index is 601. The fourth-order valence-electron chi connectivity index (χ4n) is 1.77. The number of hydrogen-bond acceptors (Lipinski definition) is 1. The first kappa shape index (κ1) is 14.4. The molecule has 0 saturated carbocycles. The number of rotatable bonds is 3. The molecular formula is C14H11Cl3FN. The Morgan fingerprint density at radius 1 is 1.05 bits per heavy atom. The molecule has 2 aromatic carbocycles. The number of nitrogens with one attached hydrogen (secondary N) is 1. The minimum atomic E-state index is -0.444. The van der Waals surface area contributed by atoms with E-state index in [9.17, 15) is 4.39 Å². The topological polar surface area (TPSA) is 12.0 Å². The zero-order valence-electron chi connectivity index (χ0n) is 10.1. The molecule has 0 saturated heterocycles. The van der Waals surface area contributed by atoms with Gasteiger partial charge in [-0.3, -0.25) is 0 Å². The van der Waals surface area contributed by atoms with Gasteiger partial charge in [-0.1, -0.05) is 46.9 Å². The maximum Gasteiger partial charge on any atom is 0.141 e. The second kappa shape index (κ2) is 6.00. The molecule has 1 nitrogen and oxygen atoms in total. The number of halogens is 4. The SMILES string of the molecule is CC(Nc1ccc(F)c(Cl)c1)c1cccc(Cl)c1Cl. The van der Waals surface area contributed by atoms with Crippen molar-refractivity contribution < 1.29 is 4.39 Å². The predicted octanol–water partition coefficient (Wildman–Crippen LogP) is 5.96. The van der Waals surface area contributed by atoms with Gasteiger partial charge < -0.3 is 5.32 Å². The Kier molecular flexibility index (Phi) is 4.56. The van der Waals surface area contributed by atoms with Gasteiger partial charge in [-0.15, -0.1) is 0 Å². The highest BCUT2D eigenvalue weighted by atomic mass is 35.5. The van der Waals surface area contributed by atoms with E-state index in [4.69, 9.17) is 34.8 Å². The molecule has 0 radical (unpaired) electrons. The van der Waals surface area contributed by atoms with Crippen molar-refractivity contribution in [2.75, 3.05) is 5.32 Å². The molecule has 5 heteroatoms. The highest BCUT2D eigenvalue weighted by Gasteiger charge is 2.12. The molecule has 0 spiro atoms. The summed E-state index contributed by atoms with van der Waals surface area (Å²) in [5.74, 6) is -0.444. The Labute approximate surface area is 126 Å². The van der Waals surface area contributed by atoms with Crippen LogP contribution < -0.4 is 5.32 Å². The fraction of sp³-hybridized carbons (Fsp3) is 0.143. The summed E-state index contributed by atoms with van der Waals surface area (Å²) in [6.07, 6.45) is 0. The van der Waals surface area contributed by atoms with Gasteiger partial charge in [-0.05, 0) is 36.8 Å². The molecule has 0 aliphatic rings. The molecule has 0 fully saturated rings. The molecule has 0 heterocycles. The molecule has 0 aliphatic heterocycles. The van der Waals surface area contributed by atoms with Gasteiger partial charge in [-0.2, -0.15) is 0 Å². The van der Waals surface area contributed by atoms with Crippen molar-refractivity contribution in [1.29, 1.82) is 0 Å². The fourth-order valence-corrected chi connectivity index (χ4v) is 2.42. The van der Waals surface area contributed by atoms with E-state index in [1.54, 1.807) is 12.1 Å². The zero-order valence-corrected chi connectivity index (χ0v) is 12.3. The van der Waals surface area contributed by atoms with Crippen LogP contribution in [0, 0.1) is 5.82 Å². The van der Waals surface area contributed by atoms with E-state index in [1.165, 1.54) is 12.1 Å². The number of benzene rings is 2. The van der Waals surface area contributed by atoms with E-state index in [-0.39, 0.29) is 11.1 Å². The van der Waals surface area contributed by atoms with Crippen LogP contribution in [0.5, 0.6) is 0 Å². The summed E-state index contributed by atoms with van der Waals surface area (Å²) in [7, 11) is 0. The molecular weight excluding hydrogens is 308 g/mol. The third-order valence-electron chi connectivity index (χ3n) is 2.75. The van der Waals surface area contributed by atoms with Gasteiger partial charge in [0.25, 0.3) is 0 Å². The molecule has 0 bridgehead atoms. The molecule has 1 unspecified atom stereocenters. The maximum atomic E-state index is 13.1. The minimum absolute atomic E-state index is 0.0762. The van der Waals surface area contributed by atoms with Gasteiger partial charge in [0.2, 0.25) is 0 Å². The molecule has 100 valence electrons. The molecule has 2 rings (SSSR count). The average molecular weight is 319 g/mol. The van der Waals surface area contributed by atoms with E-state index < -0.39 is 5.82 Å². The molecule has 2 aromatic rings. The first-order chi connectivity index (χ1) is 8.99. The van der Waals surface area contributed by atoms with E-state index in [2.05, 4.69) is 5.32 Å². The molecule has 19 heavy (non-hydrogen) atoms. The van der Waals surface area contributed by atoms with Crippen molar-refractivity contribution in [3.05, 3.63) is 62.8 Å². The van der Waals surface area contributed by atoms with Crippen LogP contribution in [-0.2, 0) is 0 Å². The minimum Gasteiger partial charge on any atom is -0.378 e. The van der Waals surface area contributed by atoms with E-state index in [0.29, 0.717) is 10.0 Å². The Morgan fingerprint density at radius 2 is 1.79 bits per heavy atom. The third kappa shape index (κ3) is 3.33. The van der Waals surface area contributed by atoms with Crippen LogP contribution in [0.3, 0.4) is 0 Å². The Balaban J connectivity index is 2.23. The van der Waals surface area contributed by atoms with Crippen LogP contribution in [0.15, 0.2) is 36.4 Å². The van der Waals surface area contributed by atoms with Gasteiger partial charge in [0, 0.05) is 5.69 Å². The van der Waals surface area contributed by atoms with Crippen LogP contribution in [-0.4, -0.2) is 0 Å². The second-order valence-corrected chi connectivity index (χ2v) is 5.33. The molecule has 0 aliphatic carbocycles. The van der Waals surface area contributed by atoms with Crippen molar-refractivity contribution in [3.63, 3.8) is 0 Å². The lowest BCUT2D eigenvalue weighted by molar-refractivity contribution is 0.628. The van der Waals surface area contributed by atoms with Crippen molar-refractivity contribution >= 4 is 40.5 Å². The monoisotopic (exact) mass is 317 g/mol. The Hall–Kier alpha value is -0.960. The lowest BCUT2D eigenvalue weighted by Crippen LogP contribution is -2.07. The van der Waals surface area contributed by atoms with Gasteiger partial charge in [0.1, 0.15) is 5.82 Å². The molecule has 0 aromatic heterocycles. The van der Waals surface area contributed by atoms with Gasteiger partial charge in [-0.25, -0.2) is 4.39 Å². The van der Waals surface area contributed by atoms with E-state index >= 15 is 0 Å². The second-order valence-electron chi connectivity index (χ2n) is 4.14. The summed E-state index contributed by atoms with van der Waals surface area (Å²) >= 11 is 17.9. The third-order valence-corrected chi connectivity index (χ3v) is 3.87. The summed E-state index contributed by atoms with van der Waals surface area (Å²) < 4.78 is 13.1. The van der Waals surface area contributed by atoms with Crippen LogP contribution in [0.1, 0.15) is 18.5 Å². The normalized spacial score (nSPS) is 12.3. The summed E-state index contributed by atoms with van der Waals surface area (Å²) in [5, 5.41) is 4.29. The van der Waals surface area contributed by atoms with Gasteiger partial charge in [0.15, 0.2) is 0 Å². The van der Waals surface area contributed by atoms with Crippen LogP contribution in [0.4, 0.5) is 10.1 Å². The molecule has 1 N–H and O–H groups in total. The quantitative estimate of drug-likeness (QED) is 0.736. The van der Waals surface area contributed by atoms with Crippen LogP contribution in [0.2, 0.25) is 15.1 Å². The summed E-state index contributed by atoms with van der Waals surface area (Å²) in [4.78, 5) is 0. The van der Waals surface area contributed by atoms with Crippen LogP contribution in [0.25, 0.3) is 0 Å². The maximum absolute atomic E-state index is 13.1. The summed E-state index contributed by atoms with van der Waals surface area (Å²) in [5.41, 5.74) is 1.59. The van der Waals surface area contributed by atoms with Gasteiger partial charge in [0.05, 0.1) is 21.1 Å². The highest BCUT2D eigenvalue weighted by molar-refractivity contribution is 6.42. The van der Waals surface area contributed by atoms with Crippen molar-refractivity contribution in [2.24, 2.45) is 0 Å². The summed E-state index contributed by atoms with van der Waals surface area (Å²) in [6, 6.07) is 9.84. The standard InChI is InChI=1S/C14H11Cl3FN/c1-8(10-3-2-4-11(15)14(10)17)19-9-5-6-13(18)12(16)7-9/h2-8,19H,1H3. The predicted molar refractivity (Wildman–Crippen MR) is 79.9 cm³/mol. The smallest absolute Gasteiger partial charge is 0.141 e. The van der Waals surface area contributed by atoms with Crippen molar-refractivity contribution in [2.45, 2.75) is 13.0 Å². The van der Waals surface area contributed by atoms with Crippen LogP contribution >= 0.6 is 34.8 Å². The summed E-state index contributed by atoms with van der Waals surface area (Å²) in [6.45, 7) is 1.94. The average Bonchev–Trinajstić information content (AvgIpc) is 2.37. The van der Waals surface area contributed by atoms with Gasteiger partial charge >= 0.3 is 0 Å². The highest BCUT2D eigenvalue weighted by Crippen LogP contribution is 2.32. The van der Waals surface area contributed by atoms with E-state index in [0.717, 1.165) is 11.3 Å². The lowest BCUT2D eigenvalue weighted by atomic mass is 10.1. The number of hydrogen-bond donors (Lipinski definition) is 1. The van der Waals surface area contributed by atoms with E-state index in [1.807, 2.05) is 19.1 Å². The lowest BCUT2D eigenvalue weighted by Gasteiger charge is -2.17. The number of anilines is 1. The first-order valence-electron chi connectivity index (χ1n) is 5.64. The first-order valence-corrected chi connectivity index (χ1v) is 6.78. The van der Waals surface area contributed by atoms with Crippen molar-refractivity contribution in [1.82, 2.24) is 0 Å². The zero-order chi connectivity index (χ0) is 14.0. The molecule has 0 amide bonds.